The van der Waals surface area contributed by atoms with E-state index in [2.05, 4.69) is 17.4 Å². The average molecular weight is 530 g/mol. The lowest BCUT2D eigenvalue weighted by Gasteiger charge is -2.28. The smallest absolute Gasteiger partial charge is 0.262 e. The Kier molecular flexibility index (Phi) is 8.54. The molecule has 1 amide bonds. The van der Waals surface area contributed by atoms with Gasteiger partial charge < -0.3 is 5.32 Å². The number of halogens is 1. The number of carbonyl (C=O) groups is 1. The maximum Gasteiger partial charge on any atom is 0.262 e. The Morgan fingerprint density at radius 2 is 1.63 bits per heavy atom. The monoisotopic (exact) mass is 529 g/mol. The van der Waals surface area contributed by atoms with Crippen LogP contribution in [0.4, 0.5) is 4.39 Å². The Hall–Kier alpha value is -3.45. The molecule has 0 bridgehead atoms. The van der Waals surface area contributed by atoms with Crippen LogP contribution in [0, 0.1) is 17.7 Å². The summed E-state index contributed by atoms with van der Waals surface area (Å²) in [5, 5.41) is 4.40. The summed E-state index contributed by atoms with van der Waals surface area (Å²) in [6, 6.07) is 24.1. The third-order valence-corrected chi connectivity index (χ3v) is 8.37. The fourth-order valence-corrected chi connectivity index (χ4v) is 6.10. The van der Waals surface area contributed by atoms with E-state index in [9.17, 15) is 14.0 Å². The number of benzene rings is 3. The molecule has 0 radical (unpaired) electrons. The molecule has 38 heavy (non-hydrogen) atoms. The lowest BCUT2D eigenvalue weighted by Crippen LogP contribution is -2.35. The second-order valence-electron chi connectivity index (χ2n) is 9.99. The Balaban J connectivity index is 1.22. The van der Waals surface area contributed by atoms with Crippen LogP contribution in [0.25, 0.3) is 10.9 Å². The molecule has 0 aliphatic heterocycles. The number of hydrogen-bond acceptors (Lipinski definition) is 4. The van der Waals surface area contributed by atoms with Crippen molar-refractivity contribution < 1.29 is 9.18 Å². The zero-order valence-corrected chi connectivity index (χ0v) is 22.1. The van der Waals surface area contributed by atoms with Crippen LogP contribution in [0.2, 0.25) is 0 Å². The molecule has 1 N–H and O–H groups in total. The predicted octanol–water partition coefficient (Wildman–Crippen LogP) is 5.99. The first kappa shape index (κ1) is 26.2. The molecule has 5 rings (SSSR count). The predicted molar refractivity (Wildman–Crippen MR) is 151 cm³/mol. The Morgan fingerprint density at radius 3 is 2.39 bits per heavy atom. The minimum absolute atomic E-state index is 0.0285. The van der Waals surface area contributed by atoms with Crippen molar-refractivity contribution in [1.82, 2.24) is 14.9 Å². The summed E-state index contributed by atoms with van der Waals surface area (Å²) in [6.45, 7) is 1.24. The molecule has 0 atom stereocenters. The summed E-state index contributed by atoms with van der Waals surface area (Å²) >= 11 is 1.50. The molecule has 3 aromatic carbocycles. The molecule has 1 fully saturated rings. The van der Waals surface area contributed by atoms with Gasteiger partial charge in [0, 0.05) is 24.8 Å². The number of nitrogens with zero attached hydrogens (tertiary/aromatic N) is 2. The van der Waals surface area contributed by atoms with Crippen LogP contribution >= 0.6 is 11.8 Å². The highest BCUT2D eigenvalue weighted by molar-refractivity contribution is 7.98. The van der Waals surface area contributed by atoms with Crippen molar-refractivity contribution in [3.63, 3.8) is 0 Å². The number of thioether (sulfide) groups is 1. The third kappa shape index (κ3) is 6.51. The van der Waals surface area contributed by atoms with Gasteiger partial charge in [0.05, 0.1) is 10.9 Å². The molecule has 1 aliphatic rings. The van der Waals surface area contributed by atoms with Crippen molar-refractivity contribution in [2.45, 2.75) is 49.6 Å². The molecule has 0 saturated heterocycles. The number of hydrogen-bond donors (Lipinski definition) is 1. The van der Waals surface area contributed by atoms with E-state index in [0.717, 1.165) is 37.7 Å². The summed E-state index contributed by atoms with van der Waals surface area (Å²) in [6.07, 6.45) is 4.29. The number of aromatic nitrogens is 2. The maximum atomic E-state index is 13.5. The van der Waals surface area contributed by atoms with E-state index in [1.807, 2.05) is 42.5 Å². The van der Waals surface area contributed by atoms with Gasteiger partial charge in [0.2, 0.25) is 5.91 Å². The van der Waals surface area contributed by atoms with Gasteiger partial charge in [-0.15, -0.1) is 0 Å². The van der Waals surface area contributed by atoms with Gasteiger partial charge in [0.25, 0.3) is 5.56 Å². The molecule has 5 nitrogen and oxygen atoms in total. The summed E-state index contributed by atoms with van der Waals surface area (Å²) in [4.78, 5) is 31.1. The van der Waals surface area contributed by atoms with E-state index < -0.39 is 0 Å². The van der Waals surface area contributed by atoms with Crippen LogP contribution in [0.1, 0.15) is 36.8 Å². The van der Waals surface area contributed by atoms with E-state index in [1.54, 1.807) is 16.7 Å². The topological polar surface area (TPSA) is 64.0 Å². The van der Waals surface area contributed by atoms with E-state index >= 15 is 0 Å². The zero-order chi connectivity index (χ0) is 26.3. The highest BCUT2D eigenvalue weighted by atomic mass is 32.2. The standard InChI is InChI=1S/C31H32FN3O2S/c32-26-16-12-24(13-17-26)21-38-31-34-28-9-5-4-8-27(28)30(37)35(31)20-23-10-14-25(15-11-23)29(36)33-19-18-22-6-2-1-3-7-22/h1-9,12-13,16-17,23,25H,10-11,14-15,18-21H2,(H,33,36). The number of fused-ring (bicyclic) bond motifs is 1. The van der Waals surface area contributed by atoms with Crippen LogP contribution in [0.3, 0.4) is 0 Å². The highest BCUT2D eigenvalue weighted by Crippen LogP contribution is 2.31. The molecule has 0 unspecified atom stereocenters. The van der Waals surface area contributed by atoms with Crippen molar-refractivity contribution in [3.05, 3.63) is 106 Å². The first-order valence-electron chi connectivity index (χ1n) is 13.3. The largest absolute Gasteiger partial charge is 0.356 e. The van der Waals surface area contributed by atoms with Gasteiger partial charge in [0.1, 0.15) is 5.82 Å². The number of amides is 1. The minimum atomic E-state index is -0.264. The van der Waals surface area contributed by atoms with E-state index in [-0.39, 0.29) is 23.2 Å². The molecule has 4 aromatic rings. The zero-order valence-electron chi connectivity index (χ0n) is 21.3. The molecule has 1 heterocycles. The van der Waals surface area contributed by atoms with Gasteiger partial charge in [-0.3, -0.25) is 14.2 Å². The van der Waals surface area contributed by atoms with Crippen LogP contribution in [0.5, 0.6) is 0 Å². The second-order valence-corrected chi connectivity index (χ2v) is 10.9. The molecule has 1 aliphatic carbocycles. The van der Waals surface area contributed by atoms with Crippen molar-refractivity contribution in [3.8, 4) is 0 Å². The fraction of sp³-hybridized carbons (Fsp3) is 0.323. The van der Waals surface area contributed by atoms with Gasteiger partial charge in [-0.2, -0.15) is 0 Å². The Morgan fingerprint density at radius 1 is 0.921 bits per heavy atom. The summed E-state index contributed by atoms with van der Waals surface area (Å²) in [5.74, 6) is 0.815. The van der Waals surface area contributed by atoms with Crippen LogP contribution in [-0.4, -0.2) is 22.0 Å². The lowest BCUT2D eigenvalue weighted by atomic mass is 9.81. The first-order valence-corrected chi connectivity index (χ1v) is 14.2. The minimum Gasteiger partial charge on any atom is -0.356 e. The maximum absolute atomic E-state index is 13.5. The Bertz CT molecular complexity index is 1430. The summed E-state index contributed by atoms with van der Waals surface area (Å²) in [5.41, 5.74) is 2.85. The number of para-hydroxylation sites is 1. The average Bonchev–Trinajstić information content (AvgIpc) is 2.95. The molecule has 1 aromatic heterocycles. The normalized spacial score (nSPS) is 17.4. The van der Waals surface area contributed by atoms with Crippen LogP contribution in [0.15, 0.2) is 88.8 Å². The molecule has 0 spiro atoms. The summed E-state index contributed by atoms with van der Waals surface area (Å²) in [7, 11) is 0. The SMILES string of the molecule is O=C(NCCc1ccccc1)C1CCC(Cn2c(SCc3ccc(F)cc3)nc3ccccc3c2=O)CC1. The first-order chi connectivity index (χ1) is 18.6. The molecular formula is C31H32FN3O2S. The number of nitrogens with one attached hydrogen (secondary N) is 1. The second kappa shape index (κ2) is 12.4. The van der Waals surface area contributed by atoms with E-state index in [1.165, 1.54) is 29.5 Å². The summed E-state index contributed by atoms with van der Waals surface area (Å²) < 4.78 is 15.1. The quantitative estimate of drug-likeness (QED) is 0.214. The van der Waals surface area contributed by atoms with Gasteiger partial charge in [-0.25, -0.2) is 9.37 Å². The number of rotatable bonds is 9. The van der Waals surface area contributed by atoms with Crippen LogP contribution in [-0.2, 0) is 23.5 Å². The molecule has 1 saturated carbocycles. The van der Waals surface area contributed by atoms with Gasteiger partial charge >= 0.3 is 0 Å². The van der Waals surface area contributed by atoms with Crippen molar-refractivity contribution >= 4 is 28.6 Å². The molecule has 196 valence electrons. The number of carbonyl (C=O) groups excluding carboxylic acids is 1. The van der Waals surface area contributed by atoms with Crippen molar-refractivity contribution in [1.29, 1.82) is 0 Å². The van der Waals surface area contributed by atoms with Crippen molar-refractivity contribution in [2.75, 3.05) is 6.54 Å². The third-order valence-electron chi connectivity index (χ3n) is 7.32. The van der Waals surface area contributed by atoms with Crippen LogP contribution < -0.4 is 10.9 Å². The van der Waals surface area contributed by atoms with Gasteiger partial charge in [-0.1, -0.05) is 66.4 Å². The molecule has 7 heteroatoms. The van der Waals surface area contributed by atoms with Gasteiger partial charge in [-0.05, 0) is 73.4 Å². The molecular weight excluding hydrogens is 497 g/mol. The fourth-order valence-electron chi connectivity index (χ4n) is 5.13. The van der Waals surface area contributed by atoms with Crippen molar-refractivity contribution in [2.24, 2.45) is 11.8 Å². The van der Waals surface area contributed by atoms with E-state index in [0.29, 0.717) is 40.8 Å². The van der Waals surface area contributed by atoms with E-state index in [4.69, 9.17) is 4.98 Å². The highest BCUT2D eigenvalue weighted by Gasteiger charge is 2.27. The Labute approximate surface area is 226 Å². The van der Waals surface area contributed by atoms with Gasteiger partial charge in [0.15, 0.2) is 5.16 Å². The lowest BCUT2D eigenvalue weighted by molar-refractivity contribution is -0.126.